The number of ether oxygens (including phenoxy) is 1. The smallest absolute Gasteiger partial charge is 0.251 e. The van der Waals surface area contributed by atoms with Crippen LogP contribution in [0.2, 0.25) is 0 Å². The van der Waals surface area contributed by atoms with Gasteiger partial charge in [-0.05, 0) is 56.5 Å². The zero-order chi connectivity index (χ0) is 19.9. The lowest BCUT2D eigenvalue weighted by molar-refractivity contribution is -0.125. The van der Waals surface area contributed by atoms with Crippen LogP contribution in [-0.2, 0) is 11.3 Å². The second-order valence-corrected chi connectivity index (χ2v) is 7.38. The van der Waals surface area contributed by atoms with Gasteiger partial charge in [0, 0.05) is 30.5 Å². The van der Waals surface area contributed by atoms with Crippen molar-refractivity contribution >= 4 is 11.8 Å². The number of carbonyl (C=O) groups is 2. The first-order valence-corrected chi connectivity index (χ1v) is 9.77. The highest BCUT2D eigenvalue weighted by molar-refractivity contribution is 5.94. The second kappa shape index (κ2) is 9.35. The molecular formula is C22H27N3O3. The standard InChI is InChI=1S/C22H27N3O3/c1-15(2)28-18-8-6-16(7-9-18)14-24-22(27)19-4-3-5-20(19)25-21(26)17-10-12-23-13-11-17/h6-13,15,19-20H,3-5,14H2,1-2H3,(H,24,27)(H,25,26)/t19-,20+/m0/s1. The Hall–Kier alpha value is -2.89. The van der Waals surface area contributed by atoms with Gasteiger partial charge in [0.15, 0.2) is 0 Å². The molecule has 6 nitrogen and oxygen atoms in total. The van der Waals surface area contributed by atoms with Crippen molar-refractivity contribution in [3.63, 3.8) is 0 Å². The highest BCUT2D eigenvalue weighted by atomic mass is 16.5. The van der Waals surface area contributed by atoms with Gasteiger partial charge >= 0.3 is 0 Å². The molecular weight excluding hydrogens is 354 g/mol. The molecule has 0 saturated heterocycles. The van der Waals surface area contributed by atoms with Crippen LogP contribution in [0.3, 0.4) is 0 Å². The van der Waals surface area contributed by atoms with Gasteiger partial charge < -0.3 is 15.4 Å². The largest absolute Gasteiger partial charge is 0.491 e. The lowest BCUT2D eigenvalue weighted by atomic mass is 10.0. The van der Waals surface area contributed by atoms with Crippen LogP contribution >= 0.6 is 0 Å². The summed E-state index contributed by atoms with van der Waals surface area (Å²) >= 11 is 0. The maximum absolute atomic E-state index is 12.7. The van der Waals surface area contributed by atoms with Crippen LogP contribution in [0.25, 0.3) is 0 Å². The van der Waals surface area contributed by atoms with E-state index < -0.39 is 0 Å². The molecule has 0 bridgehead atoms. The summed E-state index contributed by atoms with van der Waals surface area (Å²) in [6, 6.07) is 10.9. The number of hydrogen-bond acceptors (Lipinski definition) is 4. The number of amides is 2. The lowest BCUT2D eigenvalue weighted by Gasteiger charge is -2.20. The van der Waals surface area contributed by atoms with Gasteiger partial charge in [0.1, 0.15) is 5.75 Å². The molecule has 0 spiro atoms. The Morgan fingerprint density at radius 3 is 2.50 bits per heavy atom. The fourth-order valence-electron chi connectivity index (χ4n) is 3.48. The topological polar surface area (TPSA) is 80.3 Å². The lowest BCUT2D eigenvalue weighted by Crippen LogP contribution is -2.43. The van der Waals surface area contributed by atoms with E-state index in [1.807, 2.05) is 38.1 Å². The summed E-state index contributed by atoms with van der Waals surface area (Å²) in [4.78, 5) is 29.0. The van der Waals surface area contributed by atoms with E-state index in [4.69, 9.17) is 4.74 Å². The molecule has 3 rings (SSSR count). The predicted molar refractivity (Wildman–Crippen MR) is 107 cm³/mol. The molecule has 1 fully saturated rings. The zero-order valence-electron chi connectivity index (χ0n) is 16.4. The third kappa shape index (κ3) is 5.31. The van der Waals surface area contributed by atoms with E-state index in [1.165, 1.54) is 0 Å². The number of nitrogens with zero attached hydrogens (tertiary/aromatic N) is 1. The minimum atomic E-state index is -0.200. The van der Waals surface area contributed by atoms with Gasteiger partial charge in [-0.25, -0.2) is 0 Å². The van der Waals surface area contributed by atoms with Crippen LogP contribution in [0.4, 0.5) is 0 Å². The van der Waals surface area contributed by atoms with Crippen LogP contribution in [0.1, 0.15) is 49.0 Å². The van der Waals surface area contributed by atoms with Gasteiger partial charge in [-0.3, -0.25) is 14.6 Å². The fraction of sp³-hybridized carbons (Fsp3) is 0.409. The molecule has 1 heterocycles. The van der Waals surface area contributed by atoms with Crippen molar-refractivity contribution in [3.8, 4) is 5.75 Å². The maximum Gasteiger partial charge on any atom is 0.251 e. The first-order valence-electron chi connectivity index (χ1n) is 9.77. The number of pyridine rings is 1. The molecule has 0 unspecified atom stereocenters. The third-order valence-electron chi connectivity index (χ3n) is 4.87. The molecule has 1 aliphatic carbocycles. The molecule has 1 aromatic carbocycles. The Morgan fingerprint density at radius 1 is 1.11 bits per heavy atom. The molecule has 0 radical (unpaired) electrons. The van der Waals surface area contributed by atoms with Gasteiger partial charge in [-0.2, -0.15) is 0 Å². The van der Waals surface area contributed by atoms with E-state index in [-0.39, 0.29) is 29.9 Å². The quantitative estimate of drug-likeness (QED) is 0.772. The Morgan fingerprint density at radius 2 is 1.82 bits per heavy atom. The number of nitrogens with one attached hydrogen (secondary N) is 2. The highest BCUT2D eigenvalue weighted by Gasteiger charge is 2.34. The molecule has 2 aromatic rings. The van der Waals surface area contributed by atoms with E-state index in [1.54, 1.807) is 24.5 Å². The molecule has 2 atom stereocenters. The normalized spacial score (nSPS) is 18.7. The zero-order valence-corrected chi connectivity index (χ0v) is 16.4. The van der Waals surface area contributed by atoms with Crippen molar-refractivity contribution in [2.45, 2.75) is 51.8 Å². The van der Waals surface area contributed by atoms with E-state index in [2.05, 4.69) is 15.6 Å². The van der Waals surface area contributed by atoms with E-state index in [0.29, 0.717) is 12.1 Å². The summed E-state index contributed by atoms with van der Waals surface area (Å²) in [5, 5.41) is 6.01. The molecule has 1 saturated carbocycles. The molecule has 2 amide bonds. The van der Waals surface area contributed by atoms with Crippen LogP contribution in [0.5, 0.6) is 5.75 Å². The Labute approximate surface area is 165 Å². The first-order chi connectivity index (χ1) is 13.5. The summed E-state index contributed by atoms with van der Waals surface area (Å²) in [6.07, 6.45) is 5.84. The average molecular weight is 381 g/mol. The monoisotopic (exact) mass is 381 g/mol. The van der Waals surface area contributed by atoms with E-state index in [0.717, 1.165) is 30.6 Å². The number of aromatic nitrogens is 1. The summed E-state index contributed by atoms with van der Waals surface area (Å²) in [6.45, 7) is 4.43. The van der Waals surface area contributed by atoms with Crippen molar-refractivity contribution in [1.82, 2.24) is 15.6 Å². The minimum absolute atomic E-state index is 0.0139. The Bertz CT molecular complexity index is 790. The van der Waals surface area contributed by atoms with Crippen molar-refractivity contribution in [2.75, 3.05) is 0 Å². The summed E-state index contributed by atoms with van der Waals surface area (Å²) < 4.78 is 5.63. The Balaban J connectivity index is 1.52. The van der Waals surface area contributed by atoms with Gasteiger partial charge in [-0.15, -0.1) is 0 Å². The van der Waals surface area contributed by atoms with Crippen LogP contribution in [-0.4, -0.2) is 28.9 Å². The summed E-state index contributed by atoms with van der Waals surface area (Å²) in [5.41, 5.74) is 1.57. The van der Waals surface area contributed by atoms with Crippen molar-refractivity contribution in [2.24, 2.45) is 5.92 Å². The summed E-state index contributed by atoms with van der Waals surface area (Å²) in [7, 11) is 0. The van der Waals surface area contributed by atoms with E-state index >= 15 is 0 Å². The summed E-state index contributed by atoms with van der Waals surface area (Å²) in [5.74, 6) is 0.446. The number of rotatable bonds is 7. The Kier molecular flexibility index (Phi) is 6.63. The molecule has 148 valence electrons. The molecule has 6 heteroatoms. The SMILES string of the molecule is CC(C)Oc1ccc(CNC(=O)[C@H]2CCC[C@H]2NC(=O)c2ccncc2)cc1. The molecule has 0 aliphatic heterocycles. The molecule has 28 heavy (non-hydrogen) atoms. The van der Waals surface area contributed by atoms with Crippen molar-refractivity contribution in [1.29, 1.82) is 0 Å². The van der Waals surface area contributed by atoms with Crippen LogP contribution < -0.4 is 15.4 Å². The van der Waals surface area contributed by atoms with Crippen LogP contribution in [0.15, 0.2) is 48.8 Å². The van der Waals surface area contributed by atoms with Gasteiger partial charge in [0.05, 0.1) is 12.0 Å². The second-order valence-electron chi connectivity index (χ2n) is 7.38. The van der Waals surface area contributed by atoms with E-state index in [9.17, 15) is 9.59 Å². The number of carbonyl (C=O) groups excluding carboxylic acids is 2. The predicted octanol–water partition coefficient (Wildman–Crippen LogP) is 3.08. The van der Waals surface area contributed by atoms with Crippen molar-refractivity contribution in [3.05, 3.63) is 59.9 Å². The highest BCUT2D eigenvalue weighted by Crippen LogP contribution is 2.26. The molecule has 1 aromatic heterocycles. The number of hydrogen-bond donors (Lipinski definition) is 2. The van der Waals surface area contributed by atoms with Gasteiger partial charge in [0.2, 0.25) is 5.91 Å². The first kappa shape index (κ1) is 19.9. The van der Waals surface area contributed by atoms with Gasteiger partial charge in [0.25, 0.3) is 5.91 Å². The third-order valence-corrected chi connectivity index (χ3v) is 4.87. The average Bonchev–Trinajstić information content (AvgIpc) is 3.15. The molecule has 2 N–H and O–H groups in total. The van der Waals surface area contributed by atoms with Gasteiger partial charge in [-0.1, -0.05) is 18.6 Å². The minimum Gasteiger partial charge on any atom is -0.491 e. The number of benzene rings is 1. The van der Waals surface area contributed by atoms with Crippen molar-refractivity contribution < 1.29 is 14.3 Å². The van der Waals surface area contributed by atoms with Crippen LogP contribution in [0, 0.1) is 5.92 Å². The fourth-order valence-corrected chi connectivity index (χ4v) is 3.48. The molecule has 1 aliphatic rings. The maximum atomic E-state index is 12.7.